The van der Waals surface area contributed by atoms with Crippen LogP contribution in [0.25, 0.3) is 0 Å². The van der Waals surface area contributed by atoms with Crippen LogP contribution >= 0.6 is 0 Å². The second-order valence-electron chi connectivity index (χ2n) is 4.42. The monoisotopic (exact) mass is 207 g/mol. The summed E-state index contributed by atoms with van der Waals surface area (Å²) >= 11 is 0. The average molecular weight is 207 g/mol. The van der Waals surface area contributed by atoms with Crippen molar-refractivity contribution >= 4 is 5.78 Å². The minimum Gasteiger partial charge on any atom is -0.336 e. The van der Waals surface area contributed by atoms with Crippen molar-refractivity contribution in [3.05, 3.63) is 17.7 Å². The number of nitrogens with one attached hydrogen (secondary N) is 1. The molecule has 2 unspecified atom stereocenters. The summed E-state index contributed by atoms with van der Waals surface area (Å²) in [6.07, 6.45) is 3.19. The zero-order valence-electron chi connectivity index (χ0n) is 9.45. The van der Waals surface area contributed by atoms with Gasteiger partial charge in [-0.05, 0) is 13.8 Å². The molecule has 0 saturated carbocycles. The molecule has 1 aliphatic rings. The molecule has 2 heterocycles. The molecule has 1 fully saturated rings. The van der Waals surface area contributed by atoms with Gasteiger partial charge in [-0.3, -0.25) is 4.79 Å². The Bertz CT molecular complexity index is 383. The molecular formula is C11H17N3O. The molecule has 0 spiro atoms. The molecule has 1 aliphatic heterocycles. The summed E-state index contributed by atoms with van der Waals surface area (Å²) < 4.78 is 2.00. The van der Waals surface area contributed by atoms with Gasteiger partial charge in [0.25, 0.3) is 0 Å². The average Bonchev–Trinajstić information content (AvgIpc) is 2.43. The lowest BCUT2D eigenvalue weighted by atomic mass is 9.98. The Kier molecular flexibility index (Phi) is 2.61. The van der Waals surface area contributed by atoms with Gasteiger partial charge in [0, 0.05) is 32.1 Å². The number of carbonyl (C=O) groups excluding carboxylic acids is 1. The molecule has 0 aromatic carbocycles. The number of carbonyl (C=O) groups is 1. The zero-order valence-corrected chi connectivity index (χ0v) is 9.45. The standard InChI is InChI=1S/C11H17N3O/c1-7-4-9(15)5-10(12-7)11-13-8(2)6-14(11)3/h6-7,10,12H,4-5H2,1-3H3. The molecule has 2 rings (SSSR count). The number of hydrogen-bond acceptors (Lipinski definition) is 3. The van der Waals surface area contributed by atoms with Crippen molar-refractivity contribution in [2.24, 2.45) is 7.05 Å². The van der Waals surface area contributed by atoms with Crippen molar-refractivity contribution in [3.8, 4) is 0 Å². The van der Waals surface area contributed by atoms with Gasteiger partial charge in [0.15, 0.2) is 0 Å². The van der Waals surface area contributed by atoms with Crippen LogP contribution in [0.5, 0.6) is 0 Å². The van der Waals surface area contributed by atoms with Crippen LogP contribution in [0.15, 0.2) is 6.20 Å². The summed E-state index contributed by atoms with van der Waals surface area (Å²) in [6, 6.07) is 0.341. The van der Waals surface area contributed by atoms with E-state index in [1.165, 1.54) is 0 Å². The van der Waals surface area contributed by atoms with Crippen molar-refractivity contribution in [2.75, 3.05) is 0 Å². The van der Waals surface area contributed by atoms with Gasteiger partial charge in [0.05, 0.1) is 11.7 Å². The van der Waals surface area contributed by atoms with E-state index in [9.17, 15) is 4.79 Å². The molecule has 82 valence electrons. The quantitative estimate of drug-likeness (QED) is 0.750. The normalized spacial score (nSPS) is 27.0. The molecule has 4 heteroatoms. The molecule has 15 heavy (non-hydrogen) atoms. The highest BCUT2D eigenvalue weighted by Gasteiger charge is 2.27. The smallest absolute Gasteiger partial charge is 0.136 e. The van der Waals surface area contributed by atoms with Gasteiger partial charge < -0.3 is 9.88 Å². The minimum atomic E-state index is 0.0833. The van der Waals surface area contributed by atoms with Crippen LogP contribution in [0.1, 0.15) is 37.3 Å². The Labute approximate surface area is 89.7 Å². The van der Waals surface area contributed by atoms with Gasteiger partial charge in [-0.25, -0.2) is 4.98 Å². The first kappa shape index (κ1) is 10.4. The van der Waals surface area contributed by atoms with E-state index in [0.29, 0.717) is 18.6 Å². The molecule has 1 N–H and O–H groups in total. The molecule has 0 radical (unpaired) electrons. The fourth-order valence-corrected chi connectivity index (χ4v) is 2.24. The van der Waals surface area contributed by atoms with E-state index >= 15 is 0 Å². The number of imidazole rings is 1. The van der Waals surface area contributed by atoms with E-state index in [2.05, 4.69) is 10.3 Å². The number of hydrogen-bond donors (Lipinski definition) is 1. The lowest BCUT2D eigenvalue weighted by molar-refractivity contribution is -0.121. The first-order chi connectivity index (χ1) is 7.06. The molecule has 1 aromatic rings. The number of Topliss-reactive ketones (excluding diaryl/α,β-unsaturated/α-hetero) is 1. The topological polar surface area (TPSA) is 46.9 Å². The van der Waals surface area contributed by atoms with Crippen molar-refractivity contribution in [1.29, 1.82) is 0 Å². The van der Waals surface area contributed by atoms with Gasteiger partial charge in [0.2, 0.25) is 0 Å². The summed E-state index contributed by atoms with van der Waals surface area (Å²) in [4.78, 5) is 15.9. The third-order valence-corrected chi connectivity index (χ3v) is 2.80. The molecule has 1 saturated heterocycles. The highest BCUT2D eigenvalue weighted by molar-refractivity contribution is 5.80. The second kappa shape index (κ2) is 3.77. The van der Waals surface area contributed by atoms with Crippen molar-refractivity contribution in [3.63, 3.8) is 0 Å². The Morgan fingerprint density at radius 3 is 2.80 bits per heavy atom. The molecule has 2 atom stereocenters. The van der Waals surface area contributed by atoms with E-state index < -0.39 is 0 Å². The Hall–Kier alpha value is -1.16. The third kappa shape index (κ3) is 2.09. The van der Waals surface area contributed by atoms with Crippen LogP contribution in [-0.2, 0) is 11.8 Å². The SMILES string of the molecule is Cc1cn(C)c(C2CC(=O)CC(C)N2)n1. The largest absolute Gasteiger partial charge is 0.336 e. The first-order valence-corrected chi connectivity index (χ1v) is 5.34. The number of aromatic nitrogens is 2. The van der Waals surface area contributed by atoms with E-state index in [0.717, 1.165) is 11.5 Å². The van der Waals surface area contributed by atoms with E-state index in [1.807, 2.05) is 31.7 Å². The summed E-state index contributed by atoms with van der Waals surface area (Å²) in [5, 5.41) is 3.41. The first-order valence-electron chi connectivity index (χ1n) is 5.34. The van der Waals surface area contributed by atoms with Gasteiger partial charge >= 0.3 is 0 Å². The third-order valence-electron chi connectivity index (χ3n) is 2.80. The molecule has 0 amide bonds. The molecule has 0 bridgehead atoms. The summed E-state index contributed by atoms with van der Waals surface area (Å²) in [5.74, 6) is 1.29. The maximum absolute atomic E-state index is 11.5. The lowest BCUT2D eigenvalue weighted by Crippen LogP contribution is -2.39. The summed E-state index contributed by atoms with van der Waals surface area (Å²) in [7, 11) is 1.97. The van der Waals surface area contributed by atoms with Gasteiger partial charge in [-0.15, -0.1) is 0 Å². The van der Waals surface area contributed by atoms with Crippen molar-refractivity contribution < 1.29 is 4.79 Å². The fourth-order valence-electron chi connectivity index (χ4n) is 2.24. The number of aryl methyl sites for hydroxylation is 2. The molecule has 0 aliphatic carbocycles. The minimum absolute atomic E-state index is 0.0833. The van der Waals surface area contributed by atoms with Crippen LogP contribution in [-0.4, -0.2) is 21.4 Å². The lowest BCUT2D eigenvalue weighted by Gasteiger charge is -2.27. The van der Waals surface area contributed by atoms with Crippen LogP contribution in [0.4, 0.5) is 0 Å². The van der Waals surface area contributed by atoms with Crippen LogP contribution in [0, 0.1) is 6.92 Å². The van der Waals surface area contributed by atoms with Crippen molar-refractivity contribution in [1.82, 2.24) is 14.9 Å². The number of piperidine rings is 1. The Morgan fingerprint density at radius 1 is 1.53 bits per heavy atom. The summed E-state index contributed by atoms with van der Waals surface area (Å²) in [6.45, 7) is 4.01. The Balaban J connectivity index is 2.23. The molecule has 1 aromatic heterocycles. The number of rotatable bonds is 1. The van der Waals surface area contributed by atoms with Crippen LogP contribution < -0.4 is 5.32 Å². The van der Waals surface area contributed by atoms with Crippen molar-refractivity contribution in [2.45, 2.75) is 38.8 Å². The van der Waals surface area contributed by atoms with E-state index in [-0.39, 0.29) is 12.1 Å². The van der Waals surface area contributed by atoms with E-state index in [1.54, 1.807) is 0 Å². The van der Waals surface area contributed by atoms with E-state index in [4.69, 9.17) is 0 Å². The second-order valence-corrected chi connectivity index (χ2v) is 4.42. The molecule has 4 nitrogen and oxygen atoms in total. The zero-order chi connectivity index (χ0) is 11.0. The van der Waals surface area contributed by atoms with Gasteiger partial charge in [-0.1, -0.05) is 0 Å². The maximum atomic E-state index is 11.5. The highest BCUT2D eigenvalue weighted by Crippen LogP contribution is 2.22. The highest BCUT2D eigenvalue weighted by atomic mass is 16.1. The Morgan fingerprint density at radius 2 is 2.27 bits per heavy atom. The fraction of sp³-hybridized carbons (Fsp3) is 0.636. The predicted octanol–water partition coefficient (Wildman–Crippen LogP) is 1.11. The molecular weight excluding hydrogens is 190 g/mol. The predicted molar refractivity (Wildman–Crippen MR) is 57.5 cm³/mol. The van der Waals surface area contributed by atoms with Crippen LogP contribution in [0.2, 0.25) is 0 Å². The van der Waals surface area contributed by atoms with Crippen LogP contribution in [0.3, 0.4) is 0 Å². The van der Waals surface area contributed by atoms with Gasteiger partial charge in [0.1, 0.15) is 11.6 Å². The number of ketones is 1. The maximum Gasteiger partial charge on any atom is 0.136 e. The number of nitrogens with zero attached hydrogens (tertiary/aromatic N) is 2. The summed E-state index contributed by atoms with van der Waals surface area (Å²) in [5.41, 5.74) is 1.000. The van der Waals surface area contributed by atoms with Gasteiger partial charge in [-0.2, -0.15) is 0 Å².